The topological polar surface area (TPSA) is 0 Å². The Kier molecular flexibility index (Phi) is 3.78. The van der Waals surface area contributed by atoms with Gasteiger partial charge in [0.05, 0.1) is 5.56 Å². The first-order valence-electron chi connectivity index (χ1n) is 5.38. The van der Waals surface area contributed by atoms with Crippen LogP contribution in [0.3, 0.4) is 0 Å². The second-order valence-corrected chi connectivity index (χ2v) is 6.19. The highest BCUT2D eigenvalue weighted by Crippen LogP contribution is 2.43. The number of alkyl halides is 3. The molecule has 0 N–H and O–H groups in total. The van der Waals surface area contributed by atoms with Crippen LogP contribution < -0.4 is 0 Å². The van der Waals surface area contributed by atoms with Crippen LogP contribution >= 0.6 is 27.7 Å². The highest BCUT2D eigenvalue weighted by atomic mass is 79.9. The summed E-state index contributed by atoms with van der Waals surface area (Å²) in [4.78, 5) is 0.374. The third kappa shape index (κ3) is 3.19. The first-order valence-corrected chi connectivity index (χ1v) is 7.16. The number of thioether (sulfide) groups is 1. The standard InChI is InChI=1S/C12H12BrF3S/c1-7-10(13)5-4-9(12(14,15)16)11(7)17-6-8-2-3-8/h4-5,8H,2-3,6H2,1H3. The number of hydrogen-bond acceptors (Lipinski definition) is 1. The van der Waals surface area contributed by atoms with Crippen LogP contribution in [-0.2, 0) is 6.18 Å². The van der Waals surface area contributed by atoms with Gasteiger partial charge in [0, 0.05) is 15.1 Å². The van der Waals surface area contributed by atoms with Crippen molar-refractivity contribution in [2.24, 2.45) is 5.92 Å². The number of benzene rings is 1. The minimum absolute atomic E-state index is 0.374. The Balaban J connectivity index is 2.32. The van der Waals surface area contributed by atoms with E-state index in [0.29, 0.717) is 16.4 Å². The molecule has 0 heterocycles. The fourth-order valence-corrected chi connectivity index (χ4v) is 3.43. The molecule has 0 unspecified atom stereocenters. The molecule has 1 aliphatic carbocycles. The molecule has 0 bridgehead atoms. The molecular formula is C12H12BrF3S. The third-order valence-corrected chi connectivity index (χ3v) is 5.12. The van der Waals surface area contributed by atoms with E-state index >= 15 is 0 Å². The zero-order valence-corrected chi connectivity index (χ0v) is 11.7. The van der Waals surface area contributed by atoms with Crippen LogP contribution in [0.25, 0.3) is 0 Å². The second kappa shape index (κ2) is 4.84. The van der Waals surface area contributed by atoms with E-state index in [1.807, 2.05) is 0 Å². The van der Waals surface area contributed by atoms with Crippen molar-refractivity contribution >= 4 is 27.7 Å². The summed E-state index contributed by atoms with van der Waals surface area (Å²) in [5.74, 6) is 1.40. The van der Waals surface area contributed by atoms with Gasteiger partial charge in [-0.25, -0.2) is 0 Å². The fourth-order valence-electron chi connectivity index (χ4n) is 1.56. The summed E-state index contributed by atoms with van der Waals surface area (Å²) in [5.41, 5.74) is 0.175. The monoisotopic (exact) mass is 324 g/mol. The van der Waals surface area contributed by atoms with Crippen LogP contribution in [0.15, 0.2) is 21.5 Å². The van der Waals surface area contributed by atoms with Gasteiger partial charge in [0.15, 0.2) is 0 Å². The fraction of sp³-hybridized carbons (Fsp3) is 0.500. The van der Waals surface area contributed by atoms with Crippen LogP contribution in [0.2, 0.25) is 0 Å². The SMILES string of the molecule is Cc1c(Br)ccc(C(F)(F)F)c1SCC1CC1. The molecule has 0 saturated heterocycles. The number of halogens is 4. The van der Waals surface area contributed by atoms with Crippen molar-refractivity contribution in [2.45, 2.75) is 30.8 Å². The van der Waals surface area contributed by atoms with Gasteiger partial charge in [-0.3, -0.25) is 0 Å². The summed E-state index contributed by atoms with van der Waals surface area (Å²) in [6.07, 6.45) is -1.96. The Labute approximate surface area is 111 Å². The summed E-state index contributed by atoms with van der Waals surface area (Å²) in [5, 5.41) is 0. The zero-order valence-electron chi connectivity index (χ0n) is 9.27. The Morgan fingerprint density at radius 1 is 1.35 bits per heavy atom. The van der Waals surface area contributed by atoms with Crippen LogP contribution in [0.4, 0.5) is 13.2 Å². The molecule has 1 fully saturated rings. The van der Waals surface area contributed by atoms with E-state index in [1.54, 1.807) is 6.92 Å². The van der Waals surface area contributed by atoms with Gasteiger partial charge < -0.3 is 0 Å². The van der Waals surface area contributed by atoms with E-state index in [4.69, 9.17) is 0 Å². The first kappa shape index (κ1) is 13.3. The summed E-state index contributed by atoms with van der Waals surface area (Å²) < 4.78 is 39.4. The van der Waals surface area contributed by atoms with E-state index in [0.717, 1.165) is 29.1 Å². The maximum atomic E-state index is 12.9. The number of rotatable bonds is 3. The van der Waals surface area contributed by atoms with Gasteiger partial charge >= 0.3 is 6.18 Å². The Bertz CT molecular complexity index is 424. The van der Waals surface area contributed by atoms with Gasteiger partial charge in [-0.15, -0.1) is 11.8 Å². The summed E-state index contributed by atoms with van der Waals surface area (Å²) in [6.45, 7) is 1.73. The van der Waals surface area contributed by atoms with E-state index < -0.39 is 11.7 Å². The minimum atomic E-state index is -4.27. The van der Waals surface area contributed by atoms with Gasteiger partial charge in [0.2, 0.25) is 0 Å². The molecule has 17 heavy (non-hydrogen) atoms. The van der Waals surface area contributed by atoms with Crippen LogP contribution in [-0.4, -0.2) is 5.75 Å². The maximum absolute atomic E-state index is 12.9. The smallest absolute Gasteiger partial charge is 0.166 e. The first-order chi connectivity index (χ1) is 7.89. The summed E-state index contributed by atoms with van der Waals surface area (Å²) in [7, 11) is 0. The highest BCUT2D eigenvalue weighted by Gasteiger charge is 2.35. The summed E-state index contributed by atoms with van der Waals surface area (Å²) in [6, 6.07) is 2.63. The molecule has 1 aliphatic rings. The van der Waals surface area contributed by atoms with Crippen molar-refractivity contribution in [1.29, 1.82) is 0 Å². The van der Waals surface area contributed by atoms with Gasteiger partial charge in [0.1, 0.15) is 0 Å². The van der Waals surface area contributed by atoms with Crippen molar-refractivity contribution in [3.05, 3.63) is 27.7 Å². The van der Waals surface area contributed by atoms with Gasteiger partial charge in [0.25, 0.3) is 0 Å². The van der Waals surface area contributed by atoms with Crippen molar-refractivity contribution in [1.82, 2.24) is 0 Å². The predicted octanol–water partition coefficient (Wildman–Crippen LogP) is 5.28. The van der Waals surface area contributed by atoms with Crippen LogP contribution in [0.5, 0.6) is 0 Å². The lowest BCUT2D eigenvalue weighted by molar-refractivity contribution is -0.139. The Morgan fingerprint density at radius 2 is 2.00 bits per heavy atom. The normalized spacial score (nSPS) is 16.3. The van der Waals surface area contributed by atoms with E-state index in [-0.39, 0.29) is 0 Å². The van der Waals surface area contributed by atoms with Gasteiger partial charge in [-0.05, 0) is 43.4 Å². The maximum Gasteiger partial charge on any atom is 0.417 e. The number of hydrogen-bond donors (Lipinski definition) is 0. The van der Waals surface area contributed by atoms with Gasteiger partial charge in [-0.2, -0.15) is 13.2 Å². The predicted molar refractivity (Wildman–Crippen MR) is 67.3 cm³/mol. The second-order valence-electron chi connectivity index (χ2n) is 4.30. The van der Waals surface area contributed by atoms with E-state index in [1.165, 1.54) is 17.8 Å². The van der Waals surface area contributed by atoms with Gasteiger partial charge in [-0.1, -0.05) is 15.9 Å². The molecule has 5 heteroatoms. The molecule has 0 radical (unpaired) electrons. The van der Waals surface area contributed by atoms with Crippen molar-refractivity contribution in [3.63, 3.8) is 0 Å². The van der Waals surface area contributed by atoms with E-state index in [2.05, 4.69) is 15.9 Å². The van der Waals surface area contributed by atoms with Crippen molar-refractivity contribution in [2.75, 3.05) is 5.75 Å². The molecule has 2 rings (SSSR count). The molecule has 1 saturated carbocycles. The Hall–Kier alpha value is -0.160. The van der Waals surface area contributed by atoms with Crippen molar-refractivity contribution in [3.8, 4) is 0 Å². The average molecular weight is 325 g/mol. The van der Waals surface area contributed by atoms with Crippen molar-refractivity contribution < 1.29 is 13.2 Å². The lowest BCUT2D eigenvalue weighted by Crippen LogP contribution is -2.08. The lowest BCUT2D eigenvalue weighted by atomic mass is 10.1. The summed E-state index contributed by atoms with van der Waals surface area (Å²) >= 11 is 4.62. The van der Waals surface area contributed by atoms with Crippen LogP contribution in [0.1, 0.15) is 24.0 Å². The molecule has 0 nitrogen and oxygen atoms in total. The highest BCUT2D eigenvalue weighted by molar-refractivity contribution is 9.10. The molecule has 0 aliphatic heterocycles. The van der Waals surface area contributed by atoms with E-state index in [9.17, 15) is 13.2 Å². The molecular weight excluding hydrogens is 313 g/mol. The molecule has 0 amide bonds. The quantitative estimate of drug-likeness (QED) is 0.682. The molecule has 0 spiro atoms. The molecule has 1 aromatic rings. The minimum Gasteiger partial charge on any atom is -0.166 e. The molecule has 0 atom stereocenters. The largest absolute Gasteiger partial charge is 0.417 e. The molecule has 1 aromatic carbocycles. The lowest BCUT2D eigenvalue weighted by Gasteiger charge is -2.15. The Morgan fingerprint density at radius 3 is 2.53 bits per heavy atom. The third-order valence-electron chi connectivity index (χ3n) is 2.81. The zero-order chi connectivity index (χ0) is 12.6. The molecule has 94 valence electrons. The molecule has 0 aromatic heterocycles. The average Bonchev–Trinajstić information content (AvgIpc) is 3.02. The van der Waals surface area contributed by atoms with Crippen LogP contribution in [0, 0.1) is 12.8 Å².